The third kappa shape index (κ3) is 2.08. The van der Waals surface area contributed by atoms with E-state index in [0.717, 1.165) is 21.3 Å². The molecule has 0 spiro atoms. The Morgan fingerprint density at radius 2 is 2.18 bits per heavy atom. The summed E-state index contributed by atoms with van der Waals surface area (Å²) >= 11 is 9.55. The molecular formula is C12H9BrClN3. The van der Waals surface area contributed by atoms with Crippen LogP contribution in [-0.2, 0) is 7.05 Å². The van der Waals surface area contributed by atoms with Crippen molar-refractivity contribution >= 4 is 33.2 Å². The van der Waals surface area contributed by atoms with Gasteiger partial charge < -0.3 is 0 Å². The lowest BCUT2D eigenvalue weighted by molar-refractivity contribution is 0.776. The molecule has 0 bridgehead atoms. The topological polar surface area (TPSA) is 22.2 Å². The molecule has 0 radical (unpaired) electrons. The van der Waals surface area contributed by atoms with Crippen molar-refractivity contribution in [3.8, 4) is 11.3 Å². The van der Waals surface area contributed by atoms with Crippen LogP contribution in [0.15, 0.2) is 22.8 Å². The van der Waals surface area contributed by atoms with Crippen molar-refractivity contribution in [2.45, 2.75) is 6.92 Å². The first kappa shape index (κ1) is 12.2. The fourth-order valence-electron chi connectivity index (χ4n) is 1.66. The molecule has 86 valence electrons. The molecule has 3 nitrogen and oxygen atoms in total. The van der Waals surface area contributed by atoms with Crippen molar-refractivity contribution in [2.75, 3.05) is 0 Å². The summed E-state index contributed by atoms with van der Waals surface area (Å²) in [6.07, 6.45) is 1.71. The van der Waals surface area contributed by atoms with E-state index in [1.165, 1.54) is 0 Å². The van der Waals surface area contributed by atoms with Crippen LogP contribution < -0.4 is 0 Å². The number of aryl methyl sites for hydroxylation is 2. The van der Waals surface area contributed by atoms with E-state index in [9.17, 15) is 0 Å². The zero-order valence-corrected chi connectivity index (χ0v) is 11.7. The van der Waals surface area contributed by atoms with Gasteiger partial charge in [-0.1, -0.05) is 17.7 Å². The smallest absolute Gasteiger partial charge is 0.196 e. The van der Waals surface area contributed by atoms with Crippen molar-refractivity contribution in [1.82, 2.24) is 9.78 Å². The van der Waals surface area contributed by atoms with E-state index in [0.29, 0.717) is 10.7 Å². The fourth-order valence-corrected chi connectivity index (χ4v) is 2.39. The highest BCUT2D eigenvalue weighted by molar-refractivity contribution is 9.10. The largest absolute Gasteiger partial charge is 0.268 e. The van der Waals surface area contributed by atoms with E-state index >= 15 is 0 Å². The number of hydrogen-bond donors (Lipinski definition) is 0. The highest BCUT2D eigenvalue weighted by atomic mass is 79.9. The van der Waals surface area contributed by atoms with Crippen molar-refractivity contribution < 1.29 is 0 Å². The predicted molar refractivity (Wildman–Crippen MR) is 72.4 cm³/mol. The Labute approximate surface area is 113 Å². The van der Waals surface area contributed by atoms with Gasteiger partial charge in [-0.15, -0.1) is 0 Å². The molecule has 0 atom stereocenters. The van der Waals surface area contributed by atoms with E-state index < -0.39 is 0 Å². The van der Waals surface area contributed by atoms with E-state index in [1.54, 1.807) is 16.9 Å². The summed E-state index contributed by atoms with van der Waals surface area (Å²) in [6, 6.07) is 3.61. The Hall–Kier alpha value is -1.31. The maximum atomic E-state index is 7.23. The van der Waals surface area contributed by atoms with E-state index in [2.05, 4.69) is 25.9 Å². The van der Waals surface area contributed by atoms with Gasteiger partial charge in [0.15, 0.2) is 5.69 Å². The van der Waals surface area contributed by atoms with Crippen molar-refractivity contribution in [3.05, 3.63) is 44.8 Å². The van der Waals surface area contributed by atoms with Gasteiger partial charge in [-0.25, -0.2) is 4.85 Å². The van der Waals surface area contributed by atoms with Crippen molar-refractivity contribution in [3.63, 3.8) is 0 Å². The van der Waals surface area contributed by atoms with Crippen LogP contribution >= 0.6 is 27.5 Å². The second kappa shape index (κ2) is 4.52. The Morgan fingerprint density at radius 3 is 2.71 bits per heavy atom. The average molecular weight is 311 g/mol. The molecular weight excluding hydrogens is 302 g/mol. The van der Waals surface area contributed by atoms with Crippen molar-refractivity contribution in [2.24, 2.45) is 7.05 Å². The van der Waals surface area contributed by atoms with Crippen LogP contribution in [-0.4, -0.2) is 9.78 Å². The number of halogens is 2. The lowest BCUT2D eigenvalue weighted by Crippen LogP contribution is -1.94. The van der Waals surface area contributed by atoms with Gasteiger partial charge in [0, 0.05) is 17.6 Å². The minimum absolute atomic E-state index is 0.580. The minimum atomic E-state index is 0.580. The van der Waals surface area contributed by atoms with Crippen LogP contribution in [0.4, 0.5) is 5.69 Å². The van der Waals surface area contributed by atoms with Gasteiger partial charge in [-0.3, -0.25) is 4.68 Å². The maximum Gasteiger partial charge on any atom is 0.196 e. The van der Waals surface area contributed by atoms with Gasteiger partial charge in [0.1, 0.15) is 0 Å². The van der Waals surface area contributed by atoms with Crippen LogP contribution in [0.25, 0.3) is 16.1 Å². The van der Waals surface area contributed by atoms with Gasteiger partial charge in [0.05, 0.1) is 22.9 Å². The van der Waals surface area contributed by atoms with E-state index in [1.807, 2.05) is 20.0 Å². The summed E-state index contributed by atoms with van der Waals surface area (Å²) in [5.74, 6) is 0. The molecule has 1 aromatic carbocycles. The van der Waals surface area contributed by atoms with Gasteiger partial charge in [0.25, 0.3) is 0 Å². The van der Waals surface area contributed by atoms with Crippen LogP contribution in [0.1, 0.15) is 5.56 Å². The molecule has 5 heteroatoms. The van der Waals surface area contributed by atoms with Crippen LogP contribution in [0, 0.1) is 13.5 Å². The number of benzene rings is 1. The summed E-state index contributed by atoms with van der Waals surface area (Å²) in [7, 11) is 1.83. The van der Waals surface area contributed by atoms with E-state index in [4.69, 9.17) is 18.2 Å². The number of hydrogen-bond acceptors (Lipinski definition) is 1. The first-order chi connectivity index (χ1) is 8.04. The molecule has 0 unspecified atom stereocenters. The van der Waals surface area contributed by atoms with Crippen LogP contribution in [0.5, 0.6) is 0 Å². The molecule has 0 aliphatic carbocycles. The average Bonchev–Trinajstić information content (AvgIpc) is 2.62. The monoisotopic (exact) mass is 309 g/mol. The van der Waals surface area contributed by atoms with Gasteiger partial charge >= 0.3 is 0 Å². The Morgan fingerprint density at radius 1 is 1.47 bits per heavy atom. The van der Waals surface area contributed by atoms with Gasteiger partial charge in [-0.2, -0.15) is 5.10 Å². The lowest BCUT2D eigenvalue weighted by Gasteiger charge is -2.08. The molecule has 1 aromatic heterocycles. The maximum absolute atomic E-state index is 7.23. The molecule has 0 N–H and O–H groups in total. The summed E-state index contributed by atoms with van der Waals surface area (Å²) in [4.78, 5) is 3.54. The Kier molecular flexibility index (Phi) is 3.23. The Balaban J connectivity index is 2.76. The highest BCUT2D eigenvalue weighted by Crippen LogP contribution is 2.38. The van der Waals surface area contributed by atoms with Crippen molar-refractivity contribution in [1.29, 1.82) is 0 Å². The summed E-state index contributed by atoms with van der Waals surface area (Å²) in [5.41, 5.74) is 3.14. The summed E-state index contributed by atoms with van der Waals surface area (Å²) in [6.45, 7) is 9.12. The third-order valence-corrected chi connectivity index (χ3v) is 3.53. The minimum Gasteiger partial charge on any atom is -0.268 e. The highest BCUT2D eigenvalue weighted by Gasteiger charge is 2.14. The molecule has 0 aliphatic rings. The second-order valence-corrected chi connectivity index (χ2v) is 4.96. The van der Waals surface area contributed by atoms with Gasteiger partial charge in [-0.05, 0) is 34.5 Å². The van der Waals surface area contributed by atoms with Gasteiger partial charge in [0.2, 0.25) is 0 Å². The van der Waals surface area contributed by atoms with Crippen LogP contribution in [0.2, 0.25) is 5.02 Å². The number of aromatic nitrogens is 2. The third-order valence-electron chi connectivity index (χ3n) is 2.55. The molecule has 1 heterocycles. The van der Waals surface area contributed by atoms with E-state index in [-0.39, 0.29) is 0 Å². The van der Waals surface area contributed by atoms with Crippen LogP contribution in [0.3, 0.4) is 0 Å². The molecule has 0 aliphatic heterocycles. The second-order valence-electron chi connectivity index (χ2n) is 3.70. The fraction of sp³-hybridized carbons (Fsp3) is 0.167. The molecule has 2 aromatic rings. The molecule has 0 saturated heterocycles. The summed E-state index contributed by atoms with van der Waals surface area (Å²) in [5, 5.41) is 4.80. The predicted octanol–water partition coefficient (Wildman–Crippen LogP) is 4.36. The molecule has 0 saturated carbocycles. The lowest BCUT2D eigenvalue weighted by atomic mass is 10.1. The number of nitrogens with zero attached hydrogens (tertiary/aromatic N) is 3. The summed E-state index contributed by atoms with van der Waals surface area (Å²) < 4.78 is 2.57. The molecule has 0 amide bonds. The standard InChI is InChI=1S/C12H9BrClN3/c1-7-4-11(15-2)8(5-10(7)14)12-9(13)6-16-17(12)3/h4-6H,1,3H3. The number of rotatable bonds is 1. The Bertz CT molecular complexity index is 606. The first-order valence-electron chi connectivity index (χ1n) is 4.90. The molecule has 2 rings (SSSR count). The SMILES string of the molecule is [C-]#[N+]c1cc(C)c(Cl)cc1-c1c(Br)cnn1C. The molecule has 17 heavy (non-hydrogen) atoms. The zero-order chi connectivity index (χ0) is 12.6. The molecule has 0 fully saturated rings. The normalized spacial score (nSPS) is 10.3. The zero-order valence-electron chi connectivity index (χ0n) is 9.33. The quantitative estimate of drug-likeness (QED) is 0.717. The first-order valence-corrected chi connectivity index (χ1v) is 6.07.